The number of ether oxygens (including phenoxy) is 1. The summed E-state index contributed by atoms with van der Waals surface area (Å²) in [7, 11) is 1.70. The van der Waals surface area contributed by atoms with Crippen LogP contribution in [-0.4, -0.2) is 23.9 Å². The summed E-state index contributed by atoms with van der Waals surface area (Å²) in [6, 6.07) is 0. The molecular weight excluding hydrogens is 188 g/mol. The third-order valence-corrected chi connectivity index (χ3v) is 3.38. The first-order valence-electron chi connectivity index (χ1n) is 6.04. The van der Waals surface area contributed by atoms with Gasteiger partial charge in [-0.3, -0.25) is 0 Å². The van der Waals surface area contributed by atoms with Gasteiger partial charge in [0, 0.05) is 7.11 Å². The van der Waals surface area contributed by atoms with Gasteiger partial charge < -0.3 is 9.84 Å². The van der Waals surface area contributed by atoms with Crippen molar-refractivity contribution in [2.24, 2.45) is 5.41 Å². The molecule has 0 aliphatic carbocycles. The Hall–Kier alpha value is -0.0800. The molecule has 0 aliphatic heterocycles. The van der Waals surface area contributed by atoms with E-state index in [1.165, 1.54) is 0 Å². The van der Waals surface area contributed by atoms with E-state index in [0.29, 0.717) is 0 Å². The zero-order valence-corrected chi connectivity index (χ0v) is 11.3. The summed E-state index contributed by atoms with van der Waals surface area (Å²) < 4.78 is 5.51. The second kappa shape index (κ2) is 5.86. The summed E-state index contributed by atoms with van der Waals surface area (Å²) in [6.07, 6.45) is 3.23. The summed E-state index contributed by atoms with van der Waals surface area (Å²) in [5.74, 6) is 0. The molecule has 0 fully saturated rings. The van der Waals surface area contributed by atoms with E-state index in [9.17, 15) is 5.11 Å². The van der Waals surface area contributed by atoms with Gasteiger partial charge in [0.15, 0.2) is 0 Å². The van der Waals surface area contributed by atoms with Crippen LogP contribution in [0.15, 0.2) is 0 Å². The number of rotatable bonds is 6. The minimum atomic E-state index is -0.350. The summed E-state index contributed by atoms with van der Waals surface area (Å²) in [4.78, 5) is 0. The predicted molar refractivity (Wildman–Crippen MR) is 65.0 cm³/mol. The van der Waals surface area contributed by atoms with Crippen molar-refractivity contribution in [2.45, 2.75) is 72.0 Å². The van der Waals surface area contributed by atoms with Gasteiger partial charge in [-0.25, -0.2) is 0 Å². The van der Waals surface area contributed by atoms with Crippen LogP contribution in [0.25, 0.3) is 0 Å². The molecule has 92 valence electrons. The molecule has 0 aliphatic rings. The molecule has 15 heavy (non-hydrogen) atoms. The maximum atomic E-state index is 10.2. The molecule has 0 spiro atoms. The van der Waals surface area contributed by atoms with Crippen molar-refractivity contribution in [1.29, 1.82) is 0 Å². The van der Waals surface area contributed by atoms with E-state index < -0.39 is 0 Å². The summed E-state index contributed by atoms with van der Waals surface area (Å²) >= 11 is 0. The Labute approximate surface area is 95.0 Å². The minimum Gasteiger partial charge on any atom is -0.390 e. The normalized spacial score (nSPS) is 15.4. The quantitative estimate of drug-likeness (QED) is 0.737. The summed E-state index contributed by atoms with van der Waals surface area (Å²) in [5.41, 5.74) is -0.0623. The Kier molecular flexibility index (Phi) is 5.82. The molecule has 0 bridgehead atoms. The number of aliphatic hydroxyl groups is 1. The molecule has 0 radical (unpaired) electrons. The lowest BCUT2D eigenvalue weighted by Gasteiger charge is -2.36. The Morgan fingerprint density at radius 2 is 1.60 bits per heavy atom. The van der Waals surface area contributed by atoms with Gasteiger partial charge in [-0.2, -0.15) is 0 Å². The Bertz CT molecular complexity index is 158. The highest BCUT2D eigenvalue weighted by molar-refractivity contribution is 4.86. The lowest BCUT2D eigenvalue weighted by molar-refractivity contribution is -0.112. The van der Waals surface area contributed by atoms with E-state index >= 15 is 0 Å². The largest absolute Gasteiger partial charge is 0.390 e. The lowest BCUT2D eigenvalue weighted by Crippen LogP contribution is -2.43. The van der Waals surface area contributed by atoms with E-state index in [-0.39, 0.29) is 17.1 Å². The smallest absolute Gasteiger partial charge is 0.0931 e. The highest BCUT2D eigenvalue weighted by Crippen LogP contribution is 2.30. The van der Waals surface area contributed by atoms with E-state index in [1.807, 2.05) is 0 Å². The standard InChI is InChI=1S/C13H28O2/c1-7-13(8-2,15-6)11(14)9-10-12(3,4)5/h11,14H,7-10H2,1-6H3. The maximum absolute atomic E-state index is 10.2. The van der Waals surface area contributed by atoms with Crippen LogP contribution < -0.4 is 0 Å². The first-order valence-corrected chi connectivity index (χ1v) is 6.04. The topological polar surface area (TPSA) is 29.5 Å². The zero-order chi connectivity index (χ0) is 12.1. The van der Waals surface area contributed by atoms with Crippen molar-refractivity contribution >= 4 is 0 Å². The highest BCUT2D eigenvalue weighted by Gasteiger charge is 2.34. The van der Waals surface area contributed by atoms with Gasteiger partial charge in [-0.05, 0) is 31.1 Å². The number of hydrogen-bond acceptors (Lipinski definition) is 2. The SMILES string of the molecule is CCC(CC)(OC)C(O)CCC(C)(C)C. The van der Waals surface area contributed by atoms with E-state index in [4.69, 9.17) is 4.74 Å². The first-order chi connectivity index (χ1) is 6.81. The fourth-order valence-electron chi connectivity index (χ4n) is 1.98. The Balaban J connectivity index is 4.33. The molecule has 0 rings (SSSR count). The van der Waals surface area contributed by atoms with Crippen molar-refractivity contribution in [3.63, 3.8) is 0 Å². The van der Waals surface area contributed by atoms with Crippen LogP contribution in [-0.2, 0) is 4.74 Å². The van der Waals surface area contributed by atoms with Crippen LogP contribution in [0.1, 0.15) is 60.3 Å². The van der Waals surface area contributed by atoms with Crippen LogP contribution in [0.3, 0.4) is 0 Å². The predicted octanol–water partition coefficient (Wildman–Crippen LogP) is 3.38. The molecule has 0 aromatic heterocycles. The molecule has 0 saturated heterocycles. The lowest BCUT2D eigenvalue weighted by atomic mass is 9.82. The van der Waals surface area contributed by atoms with Crippen molar-refractivity contribution in [1.82, 2.24) is 0 Å². The molecular formula is C13H28O2. The van der Waals surface area contributed by atoms with Crippen LogP contribution in [0, 0.1) is 5.41 Å². The first kappa shape index (κ1) is 14.9. The molecule has 0 saturated carbocycles. The van der Waals surface area contributed by atoms with Gasteiger partial charge in [-0.1, -0.05) is 34.6 Å². The second-order valence-electron chi connectivity index (χ2n) is 5.59. The van der Waals surface area contributed by atoms with Gasteiger partial charge in [-0.15, -0.1) is 0 Å². The average Bonchev–Trinajstić information content (AvgIpc) is 2.17. The maximum Gasteiger partial charge on any atom is 0.0931 e. The fourth-order valence-corrected chi connectivity index (χ4v) is 1.98. The molecule has 1 unspecified atom stereocenters. The summed E-state index contributed by atoms with van der Waals surface area (Å²) in [6.45, 7) is 10.8. The monoisotopic (exact) mass is 216 g/mol. The molecule has 0 heterocycles. The van der Waals surface area contributed by atoms with Crippen LogP contribution in [0.2, 0.25) is 0 Å². The van der Waals surface area contributed by atoms with Crippen LogP contribution >= 0.6 is 0 Å². The highest BCUT2D eigenvalue weighted by atomic mass is 16.5. The van der Waals surface area contributed by atoms with Gasteiger partial charge >= 0.3 is 0 Å². The van der Waals surface area contributed by atoms with Crippen LogP contribution in [0.5, 0.6) is 0 Å². The average molecular weight is 216 g/mol. The number of hydrogen-bond donors (Lipinski definition) is 1. The minimum absolute atomic E-state index is 0.280. The van der Waals surface area contributed by atoms with E-state index in [2.05, 4.69) is 34.6 Å². The molecule has 0 aromatic carbocycles. The molecule has 2 heteroatoms. The van der Waals surface area contributed by atoms with Gasteiger partial charge in [0.2, 0.25) is 0 Å². The van der Waals surface area contributed by atoms with Gasteiger partial charge in [0.05, 0.1) is 11.7 Å². The van der Waals surface area contributed by atoms with Crippen molar-refractivity contribution in [2.75, 3.05) is 7.11 Å². The zero-order valence-electron chi connectivity index (χ0n) is 11.3. The van der Waals surface area contributed by atoms with Gasteiger partial charge in [0.25, 0.3) is 0 Å². The van der Waals surface area contributed by atoms with Crippen LogP contribution in [0.4, 0.5) is 0 Å². The number of aliphatic hydroxyl groups excluding tert-OH is 1. The third kappa shape index (κ3) is 4.52. The third-order valence-electron chi connectivity index (χ3n) is 3.38. The molecule has 0 aromatic rings. The molecule has 2 nitrogen and oxygen atoms in total. The molecule has 1 N–H and O–H groups in total. The van der Waals surface area contributed by atoms with E-state index in [0.717, 1.165) is 25.7 Å². The molecule has 0 amide bonds. The van der Waals surface area contributed by atoms with E-state index in [1.54, 1.807) is 7.11 Å². The Morgan fingerprint density at radius 3 is 1.87 bits per heavy atom. The van der Waals surface area contributed by atoms with Crippen molar-refractivity contribution < 1.29 is 9.84 Å². The van der Waals surface area contributed by atoms with Crippen molar-refractivity contribution in [3.8, 4) is 0 Å². The Morgan fingerprint density at radius 1 is 1.13 bits per heavy atom. The van der Waals surface area contributed by atoms with Gasteiger partial charge in [0.1, 0.15) is 0 Å². The van der Waals surface area contributed by atoms with Crippen molar-refractivity contribution in [3.05, 3.63) is 0 Å². The summed E-state index contributed by atoms with van der Waals surface area (Å²) in [5, 5.41) is 10.2. The number of methoxy groups -OCH3 is 1. The fraction of sp³-hybridized carbons (Fsp3) is 1.00. The second-order valence-corrected chi connectivity index (χ2v) is 5.59. The molecule has 1 atom stereocenters.